The van der Waals surface area contributed by atoms with E-state index >= 15 is 0 Å². The van der Waals surface area contributed by atoms with Crippen LogP contribution in [0.3, 0.4) is 0 Å². The second kappa shape index (κ2) is 6.44. The third-order valence-corrected chi connectivity index (χ3v) is 6.80. The van der Waals surface area contributed by atoms with E-state index in [9.17, 15) is 8.42 Å². The summed E-state index contributed by atoms with van der Waals surface area (Å²) < 4.78 is 26.8. The summed E-state index contributed by atoms with van der Waals surface area (Å²) in [5.41, 5.74) is 0. The van der Waals surface area contributed by atoms with Crippen molar-refractivity contribution in [1.82, 2.24) is 19.3 Å². The minimum atomic E-state index is -3.09. The molecule has 1 aliphatic carbocycles. The molecule has 6 nitrogen and oxygen atoms in total. The van der Waals surface area contributed by atoms with Gasteiger partial charge < -0.3 is 0 Å². The minimum absolute atomic E-state index is 0.237. The summed E-state index contributed by atoms with van der Waals surface area (Å²) in [5.74, 6) is 0.715. The summed E-state index contributed by atoms with van der Waals surface area (Å²) in [5, 5.41) is 8.32. The Kier molecular flexibility index (Phi) is 4.59. The van der Waals surface area contributed by atoms with E-state index in [1.54, 1.807) is 21.5 Å². The highest BCUT2D eigenvalue weighted by atomic mass is 32.2. The molecule has 118 valence electrons. The van der Waals surface area contributed by atoms with E-state index in [2.05, 4.69) is 10.2 Å². The lowest BCUT2D eigenvalue weighted by Gasteiger charge is -2.32. The predicted molar refractivity (Wildman–Crippen MR) is 80.2 cm³/mol. The molecule has 0 bridgehead atoms. The summed E-state index contributed by atoms with van der Waals surface area (Å²) in [6, 6.07) is 0.237. The zero-order valence-corrected chi connectivity index (χ0v) is 13.2. The molecule has 0 atom stereocenters. The molecule has 0 N–H and O–H groups in total. The van der Waals surface area contributed by atoms with Gasteiger partial charge in [0.25, 0.3) is 0 Å². The molecule has 0 radical (unpaired) electrons. The fourth-order valence-corrected chi connectivity index (χ4v) is 5.43. The van der Waals surface area contributed by atoms with Gasteiger partial charge in [-0.3, -0.25) is 0 Å². The van der Waals surface area contributed by atoms with Gasteiger partial charge in [0.15, 0.2) is 0 Å². The fraction of sp³-hybridized carbons (Fsp3) is 0.857. The molecule has 0 unspecified atom stereocenters. The molecule has 0 aromatic carbocycles. The number of piperidine rings is 1. The normalized spacial score (nSPS) is 23.4. The maximum absolute atomic E-state index is 12.5. The lowest BCUT2D eigenvalue weighted by atomic mass is 9.91. The summed E-state index contributed by atoms with van der Waals surface area (Å²) in [6.07, 6.45) is 10.7. The first kappa shape index (κ1) is 15.0. The van der Waals surface area contributed by atoms with Crippen molar-refractivity contribution >= 4 is 10.0 Å². The average Bonchev–Trinajstić information content (AvgIpc) is 3.02. The number of aromatic nitrogens is 3. The van der Waals surface area contributed by atoms with Crippen molar-refractivity contribution < 1.29 is 8.42 Å². The molecule has 2 aliphatic rings. The summed E-state index contributed by atoms with van der Waals surface area (Å²) >= 11 is 0. The van der Waals surface area contributed by atoms with Gasteiger partial charge in [0.2, 0.25) is 10.0 Å². The van der Waals surface area contributed by atoms with Crippen LogP contribution in [0, 0.1) is 5.92 Å². The van der Waals surface area contributed by atoms with Gasteiger partial charge in [-0.25, -0.2) is 12.7 Å². The van der Waals surface area contributed by atoms with Crippen LogP contribution in [0.2, 0.25) is 0 Å². The molecule has 7 heteroatoms. The Bertz CT molecular complexity index is 529. The fourth-order valence-electron chi connectivity index (χ4n) is 3.52. The van der Waals surface area contributed by atoms with Crippen molar-refractivity contribution in [3.8, 4) is 0 Å². The summed E-state index contributed by atoms with van der Waals surface area (Å²) in [4.78, 5) is 1.71. The van der Waals surface area contributed by atoms with Crippen molar-refractivity contribution in [3.63, 3.8) is 0 Å². The van der Waals surface area contributed by atoms with Gasteiger partial charge in [0, 0.05) is 13.1 Å². The average molecular weight is 312 g/mol. The van der Waals surface area contributed by atoms with Gasteiger partial charge >= 0.3 is 0 Å². The van der Waals surface area contributed by atoms with E-state index in [4.69, 9.17) is 0 Å². The smallest absolute Gasteiger partial charge is 0.212 e. The molecule has 1 saturated heterocycles. The monoisotopic (exact) mass is 312 g/mol. The van der Waals surface area contributed by atoms with Gasteiger partial charge in [-0.05, 0) is 31.6 Å². The maximum atomic E-state index is 12.5. The standard InChI is InChI=1S/C14H24N4O2S/c19-21(20,12-13-4-2-1-3-5-13)17-10-6-14(7-11-17)18-15-8-9-16-18/h8-9,13-14H,1-7,10-12H2. The van der Waals surface area contributed by atoms with Crippen molar-refractivity contribution in [3.05, 3.63) is 12.4 Å². The van der Waals surface area contributed by atoms with E-state index in [1.807, 2.05) is 0 Å². The molecule has 1 aromatic rings. The Labute approximate surface area is 126 Å². The number of hydrogen-bond donors (Lipinski definition) is 0. The summed E-state index contributed by atoms with van der Waals surface area (Å²) in [7, 11) is -3.09. The molecule has 0 spiro atoms. The Balaban J connectivity index is 1.55. The molecule has 0 amide bonds. The third kappa shape index (κ3) is 3.63. The SMILES string of the molecule is O=S(=O)(CC1CCCCC1)N1CCC(n2nccn2)CC1. The minimum Gasteiger partial charge on any atom is -0.212 e. The first-order chi connectivity index (χ1) is 10.1. The van der Waals surface area contributed by atoms with Crippen LogP contribution in [0.5, 0.6) is 0 Å². The Hall–Kier alpha value is -0.950. The molecule has 2 fully saturated rings. The topological polar surface area (TPSA) is 68.1 Å². The highest BCUT2D eigenvalue weighted by Crippen LogP contribution is 2.28. The van der Waals surface area contributed by atoms with Crippen molar-refractivity contribution in [1.29, 1.82) is 0 Å². The van der Waals surface area contributed by atoms with Crippen LogP contribution in [0.4, 0.5) is 0 Å². The molecule has 1 aromatic heterocycles. The van der Waals surface area contributed by atoms with Crippen LogP contribution in [-0.4, -0.2) is 46.6 Å². The molecule has 1 aliphatic heterocycles. The molecule has 21 heavy (non-hydrogen) atoms. The highest BCUT2D eigenvalue weighted by molar-refractivity contribution is 7.89. The van der Waals surface area contributed by atoms with Crippen LogP contribution in [0.25, 0.3) is 0 Å². The van der Waals surface area contributed by atoms with Crippen molar-refractivity contribution in [2.24, 2.45) is 5.92 Å². The molecule has 3 rings (SSSR count). The van der Waals surface area contributed by atoms with Crippen LogP contribution >= 0.6 is 0 Å². The van der Waals surface area contributed by atoms with Crippen LogP contribution in [0.1, 0.15) is 51.0 Å². The van der Waals surface area contributed by atoms with Crippen LogP contribution < -0.4 is 0 Å². The van der Waals surface area contributed by atoms with Crippen LogP contribution in [0.15, 0.2) is 12.4 Å². The number of rotatable bonds is 4. The first-order valence-corrected chi connectivity index (χ1v) is 9.60. The number of hydrogen-bond acceptors (Lipinski definition) is 4. The van der Waals surface area contributed by atoms with Gasteiger partial charge in [0.1, 0.15) is 0 Å². The van der Waals surface area contributed by atoms with Crippen molar-refractivity contribution in [2.75, 3.05) is 18.8 Å². The molecule has 1 saturated carbocycles. The van der Waals surface area contributed by atoms with Gasteiger partial charge in [-0.15, -0.1) is 0 Å². The zero-order valence-electron chi connectivity index (χ0n) is 12.4. The Morgan fingerprint density at radius 3 is 2.19 bits per heavy atom. The van der Waals surface area contributed by atoms with Crippen molar-refractivity contribution in [2.45, 2.75) is 51.0 Å². The van der Waals surface area contributed by atoms with E-state index in [1.165, 1.54) is 19.3 Å². The number of nitrogens with zero attached hydrogens (tertiary/aromatic N) is 4. The van der Waals surface area contributed by atoms with Gasteiger partial charge in [0.05, 0.1) is 24.2 Å². The van der Waals surface area contributed by atoms with Crippen LogP contribution in [-0.2, 0) is 10.0 Å². The van der Waals surface area contributed by atoms with E-state index < -0.39 is 10.0 Å². The lowest BCUT2D eigenvalue weighted by molar-refractivity contribution is 0.243. The van der Waals surface area contributed by atoms with E-state index in [-0.39, 0.29) is 6.04 Å². The van der Waals surface area contributed by atoms with Gasteiger partial charge in [-0.2, -0.15) is 15.0 Å². The first-order valence-electron chi connectivity index (χ1n) is 7.99. The summed E-state index contributed by atoms with van der Waals surface area (Å²) in [6.45, 7) is 1.20. The molecule has 2 heterocycles. The largest absolute Gasteiger partial charge is 0.214 e. The third-order valence-electron chi connectivity index (χ3n) is 4.75. The predicted octanol–water partition coefficient (Wildman–Crippen LogP) is 1.83. The zero-order chi connectivity index (χ0) is 14.7. The van der Waals surface area contributed by atoms with E-state index in [0.717, 1.165) is 25.7 Å². The molecular formula is C14H24N4O2S. The molecular weight excluding hydrogens is 288 g/mol. The Morgan fingerprint density at radius 2 is 1.57 bits per heavy atom. The van der Waals surface area contributed by atoms with Gasteiger partial charge in [-0.1, -0.05) is 19.3 Å². The quantitative estimate of drug-likeness (QED) is 0.850. The highest BCUT2D eigenvalue weighted by Gasteiger charge is 2.31. The lowest BCUT2D eigenvalue weighted by Crippen LogP contribution is -2.41. The van der Waals surface area contributed by atoms with E-state index in [0.29, 0.717) is 24.8 Å². The maximum Gasteiger partial charge on any atom is 0.214 e. The second-order valence-corrected chi connectivity index (χ2v) is 8.28. The number of sulfonamides is 1. The Morgan fingerprint density at radius 1 is 0.952 bits per heavy atom. The second-order valence-electron chi connectivity index (χ2n) is 6.26.